The molecule has 0 aromatic carbocycles. The number of aliphatic hydroxyl groups excluding tert-OH is 1. The monoisotopic (exact) mass is 245 g/mol. The fraction of sp³-hybridized carbons (Fsp3) is 0.385. The van der Waals surface area contributed by atoms with Gasteiger partial charge >= 0.3 is 0 Å². The van der Waals surface area contributed by atoms with Crippen molar-refractivity contribution in [1.82, 2.24) is 14.3 Å². The standard InChI is InChI=1S/C13H15N3O2/c17-11-4-6-16(9-11)13(18)7-10-8-15-5-2-1-3-12(15)14-10/h1-3,5,8,11,17H,4,6-7,9H2. The lowest BCUT2D eigenvalue weighted by atomic mass is 10.3. The van der Waals surface area contributed by atoms with E-state index in [-0.39, 0.29) is 12.0 Å². The predicted octanol–water partition coefficient (Wildman–Crippen LogP) is 0.470. The second-order valence-electron chi connectivity index (χ2n) is 4.66. The van der Waals surface area contributed by atoms with Crippen LogP contribution in [0.25, 0.3) is 5.65 Å². The molecule has 1 aliphatic heterocycles. The SMILES string of the molecule is O=C(Cc1cn2ccccc2n1)N1CCC(O)C1. The molecule has 1 atom stereocenters. The molecule has 0 radical (unpaired) electrons. The van der Waals surface area contributed by atoms with Crippen LogP contribution in [0, 0.1) is 0 Å². The largest absolute Gasteiger partial charge is 0.391 e. The highest BCUT2D eigenvalue weighted by Crippen LogP contribution is 2.12. The van der Waals surface area contributed by atoms with Gasteiger partial charge in [-0.3, -0.25) is 4.79 Å². The van der Waals surface area contributed by atoms with E-state index in [4.69, 9.17) is 0 Å². The smallest absolute Gasteiger partial charge is 0.228 e. The number of fused-ring (bicyclic) bond motifs is 1. The fourth-order valence-corrected chi connectivity index (χ4v) is 2.31. The zero-order valence-electron chi connectivity index (χ0n) is 9.99. The lowest BCUT2D eigenvalue weighted by Gasteiger charge is -2.14. The zero-order valence-corrected chi connectivity index (χ0v) is 9.99. The Bertz CT molecular complexity index is 545. The van der Waals surface area contributed by atoms with Crippen LogP contribution in [0.4, 0.5) is 0 Å². The molecular formula is C13H15N3O2. The number of carbonyl (C=O) groups is 1. The Balaban J connectivity index is 1.74. The zero-order chi connectivity index (χ0) is 12.5. The molecule has 3 rings (SSSR count). The molecule has 1 amide bonds. The summed E-state index contributed by atoms with van der Waals surface area (Å²) in [5.74, 6) is 0.0370. The van der Waals surface area contributed by atoms with Crippen LogP contribution in [0.2, 0.25) is 0 Å². The summed E-state index contributed by atoms with van der Waals surface area (Å²) in [6.07, 6.45) is 4.40. The molecule has 5 heteroatoms. The normalized spacial score (nSPS) is 19.6. The summed E-state index contributed by atoms with van der Waals surface area (Å²) in [6.45, 7) is 1.10. The number of β-amino-alcohol motifs (C(OH)–C–C–N with tert-alkyl or cyclic N) is 1. The predicted molar refractivity (Wildman–Crippen MR) is 66.1 cm³/mol. The fourth-order valence-electron chi connectivity index (χ4n) is 2.31. The lowest BCUT2D eigenvalue weighted by molar-refractivity contribution is -0.129. The highest BCUT2D eigenvalue weighted by atomic mass is 16.3. The van der Waals surface area contributed by atoms with Crippen molar-refractivity contribution in [2.75, 3.05) is 13.1 Å². The van der Waals surface area contributed by atoms with E-state index < -0.39 is 0 Å². The van der Waals surface area contributed by atoms with E-state index in [1.807, 2.05) is 35.0 Å². The number of carbonyl (C=O) groups excluding carboxylic acids is 1. The molecule has 3 heterocycles. The topological polar surface area (TPSA) is 57.8 Å². The molecule has 5 nitrogen and oxygen atoms in total. The van der Waals surface area contributed by atoms with Gasteiger partial charge in [0, 0.05) is 25.5 Å². The highest BCUT2D eigenvalue weighted by Gasteiger charge is 2.24. The second kappa shape index (κ2) is 4.42. The van der Waals surface area contributed by atoms with Crippen LogP contribution in [0.1, 0.15) is 12.1 Å². The van der Waals surface area contributed by atoms with E-state index in [9.17, 15) is 9.90 Å². The summed E-state index contributed by atoms with van der Waals surface area (Å²) < 4.78 is 1.90. The molecule has 1 N–H and O–H groups in total. The van der Waals surface area contributed by atoms with Crippen molar-refractivity contribution in [3.63, 3.8) is 0 Å². The first kappa shape index (κ1) is 11.2. The van der Waals surface area contributed by atoms with E-state index in [0.29, 0.717) is 25.9 Å². The molecule has 0 spiro atoms. The number of hydrogen-bond acceptors (Lipinski definition) is 3. The molecular weight excluding hydrogens is 230 g/mol. The van der Waals surface area contributed by atoms with Crippen molar-refractivity contribution in [2.45, 2.75) is 18.9 Å². The van der Waals surface area contributed by atoms with Crippen molar-refractivity contribution in [3.05, 3.63) is 36.3 Å². The third-order valence-corrected chi connectivity index (χ3v) is 3.26. The first-order valence-corrected chi connectivity index (χ1v) is 6.11. The first-order valence-electron chi connectivity index (χ1n) is 6.11. The van der Waals surface area contributed by atoms with E-state index in [0.717, 1.165) is 11.3 Å². The first-order chi connectivity index (χ1) is 8.72. The molecule has 18 heavy (non-hydrogen) atoms. The maximum Gasteiger partial charge on any atom is 0.228 e. The average Bonchev–Trinajstić information content (AvgIpc) is 2.94. The molecule has 0 bridgehead atoms. The van der Waals surface area contributed by atoms with Gasteiger partial charge in [0.1, 0.15) is 5.65 Å². The van der Waals surface area contributed by atoms with Gasteiger partial charge in [0.15, 0.2) is 0 Å². The van der Waals surface area contributed by atoms with Crippen LogP contribution in [0.3, 0.4) is 0 Å². The molecule has 0 aliphatic carbocycles. The van der Waals surface area contributed by atoms with Crippen LogP contribution in [-0.2, 0) is 11.2 Å². The minimum absolute atomic E-state index is 0.0370. The number of aliphatic hydroxyl groups is 1. The van der Waals surface area contributed by atoms with Crippen LogP contribution in [0.15, 0.2) is 30.6 Å². The van der Waals surface area contributed by atoms with Gasteiger partial charge in [0.2, 0.25) is 5.91 Å². The van der Waals surface area contributed by atoms with Crippen LogP contribution >= 0.6 is 0 Å². The minimum atomic E-state index is -0.366. The summed E-state index contributed by atoms with van der Waals surface area (Å²) in [6, 6.07) is 5.76. The maximum atomic E-state index is 12.0. The molecule has 2 aromatic heterocycles. The van der Waals surface area contributed by atoms with Gasteiger partial charge in [0.05, 0.1) is 18.2 Å². The van der Waals surface area contributed by atoms with Gasteiger partial charge in [-0.05, 0) is 18.6 Å². The van der Waals surface area contributed by atoms with E-state index in [2.05, 4.69) is 4.98 Å². The second-order valence-corrected chi connectivity index (χ2v) is 4.66. The van der Waals surface area contributed by atoms with Crippen LogP contribution < -0.4 is 0 Å². The number of amides is 1. The Labute approximate surface area is 105 Å². The minimum Gasteiger partial charge on any atom is -0.391 e. The van der Waals surface area contributed by atoms with Crippen molar-refractivity contribution in [2.24, 2.45) is 0 Å². The molecule has 1 fully saturated rings. The summed E-state index contributed by atoms with van der Waals surface area (Å²) in [5.41, 5.74) is 1.62. The van der Waals surface area contributed by atoms with Crippen molar-refractivity contribution in [1.29, 1.82) is 0 Å². The summed E-state index contributed by atoms with van der Waals surface area (Å²) >= 11 is 0. The Kier molecular flexibility index (Phi) is 2.76. The summed E-state index contributed by atoms with van der Waals surface area (Å²) in [7, 11) is 0. The van der Waals surface area contributed by atoms with Crippen molar-refractivity contribution >= 4 is 11.6 Å². The van der Waals surface area contributed by atoms with Gasteiger partial charge in [-0.1, -0.05) is 6.07 Å². The molecule has 1 unspecified atom stereocenters. The molecule has 94 valence electrons. The van der Waals surface area contributed by atoms with Gasteiger partial charge < -0.3 is 14.4 Å². The third-order valence-electron chi connectivity index (χ3n) is 3.26. The molecule has 2 aromatic rings. The van der Waals surface area contributed by atoms with Crippen LogP contribution in [0.5, 0.6) is 0 Å². The number of rotatable bonds is 2. The number of hydrogen-bond donors (Lipinski definition) is 1. The van der Waals surface area contributed by atoms with E-state index >= 15 is 0 Å². The van der Waals surface area contributed by atoms with Crippen molar-refractivity contribution < 1.29 is 9.90 Å². The molecule has 1 saturated heterocycles. The van der Waals surface area contributed by atoms with Gasteiger partial charge in [0.25, 0.3) is 0 Å². The summed E-state index contributed by atoms with van der Waals surface area (Å²) in [5, 5.41) is 9.42. The van der Waals surface area contributed by atoms with Crippen LogP contribution in [-0.4, -0.2) is 44.5 Å². The Hall–Kier alpha value is -1.88. The Morgan fingerprint density at radius 1 is 1.50 bits per heavy atom. The van der Waals surface area contributed by atoms with Crippen molar-refractivity contribution in [3.8, 4) is 0 Å². The Morgan fingerprint density at radius 3 is 3.11 bits per heavy atom. The number of pyridine rings is 1. The average molecular weight is 245 g/mol. The van der Waals surface area contributed by atoms with Gasteiger partial charge in [-0.15, -0.1) is 0 Å². The quantitative estimate of drug-likeness (QED) is 0.836. The van der Waals surface area contributed by atoms with E-state index in [1.54, 1.807) is 4.90 Å². The number of imidazole rings is 1. The van der Waals surface area contributed by atoms with E-state index in [1.165, 1.54) is 0 Å². The number of nitrogens with zero attached hydrogens (tertiary/aromatic N) is 3. The van der Waals surface area contributed by atoms with Gasteiger partial charge in [-0.2, -0.15) is 0 Å². The van der Waals surface area contributed by atoms with Gasteiger partial charge in [-0.25, -0.2) is 4.98 Å². The molecule has 1 aliphatic rings. The number of aromatic nitrogens is 2. The molecule has 0 saturated carbocycles. The lowest BCUT2D eigenvalue weighted by Crippen LogP contribution is -2.30. The maximum absolute atomic E-state index is 12.0. The highest BCUT2D eigenvalue weighted by molar-refractivity contribution is 5.78. The number of likely N-dealkylation sites (tertiary alicyclic amines) is 1. The Morgan fingerprint density at radius 2 is 2.39 bits per heavy atom. The third kappa shape index (κ3) is 2.09. The summed E-state index contributed by atoms with van der Waals surface area (Å²) in [4.78, 5) is 18.1.